The third-order valence-corrected chi connectivity index (χ3v) is 4.96. The number of hydrogen-bond donors (Lipinski definition) is 1. The maximum atomic E-state index is 13.1. The van der Waals surface area contributed by atoms with Gasteiger partial charge in [-0.15, -0.1) is 0 Å². The Morgan fingerprint density at radius 2 is 1.87 bits per heavy atom. The number of pyridine rings is 1. The van der Waals surface area contributed by atoms with Gasteiger partial charge in [-0.25, -0.2) is 14.1 Å². The molecule has 0 spiro atoms. The van der Waals surface area contributed by atoms with Crippen molar-refractivity contribution >= 4 is 16.9 Å². The van der Waals surface area contributed by atoms with Crippen molar-refractivity contribution in [1.82, 2.24) is 19.7 Å². The lowest BCUT2D eigenvalue weighted by Crippen LogP contribution is -2.31. The van der Waals surface area contributed by atoms with E-state index in [0.29, 0.717) is 16.7 Å². The molecule has 0 saturated carbocycles. The van der Waals surface area contributed by atoms with Crippen LogP contribution >= 0.6 is 0 Å². The molecule has 0 aliphatic rings. The van der Waals surface area contributed by atoms with Crippen LogP contribution in [0.5, 0.6) is 0 Å². The van der Waals surface area contributed by atoms with Gasteiger partial charge in [-0.05, 0) is 53.9 Å². The number of nitrogens with one attached hydrogen (secondary N) is 1. The minimum absolute atomic E-state index is 0.0761. The highest BCUT2D eigenvalue weighted by Crippen LogP contribution is 2.15. The molecule has 1 amide bonds. The zero-order valence-corrected chi connectivity index (χ0v) is 16.5. The molecule has 1 N–H and O–H groups in total. The van der Waals surface area contributed by atoms with Gasteiger partial charge in [0.25, 0.3) is 5.56 Å². The van der Waals surface area contributed by atoms with E-state index in [9.17, 15) is 14.0 Å². The van der Waals surface area contributed by atoms with Gasteiger partial charge in [0.05, 0.1) is 11.1 Å². The Kier molecular flexibility index (Phi) is 5.43. The van der Waals surface area contributed by atoms with Crippen LogP contribution in [0.4, 0.5) is 4.39 Å². The fourth-order valence-corrected chi connectivity index (χ4v) is 3.39. The number of aromatic nitrogens is 3. The molecule has 2 aromatic heterocycles. The van der Waals surface area contributed by atoms with Gasteiger partial charge in [-0.1, -0.05) is 31.2 Å². The van der Waals surface area contributed by atoms with E-state index in [-0.39, 0.29) is 30.4 Å². The first-order chi connectivity index (χ1) is 14.6. The Hall–Kier alpha value is -3.74. The molecule has 4 aromatic rings. The van der Waals surface area contributed by atoms with Crippen LogP contribution < -0.4 is 10.9 Å². The Morgan fingerprint density at radius 3 is 2.63 bits per heavy atom. The van der Waals surface area contributed by atoms with Gasteiger partial charge in [-0.2, -0.15) is 0 Å². The molecule has 2 aromatic carbocycles. The Balaban J connectivity index is 1.68. The third-order valence-electron chi connectivity index (χ3n) is 4.96. The van der Waals surface area contributed by atoms with Crippen LogP contribution in [0.3, 0.4) is 0 Å². The van der Waals surface area contributed by atoms with Gasteiger partial charge in [0.2, 0.25) is 5.91 Å². The van der Waals surface area contributed by atoms with Gasteiger partial charge < -0.3 is 5.32 Å². The number of benzene rings is 2. The number of carbonyl (C=O) groups excluding carboxylic acids is 1. The van der Waals surface area contributed by atoms with Crippen molar-refractivity contribution in [2.45, 2.75) is 26.4 Å². The first kappa shape index (κ1) is 19.6. The largest absolute Gasteiger partial charge is 0.350 e. The number of rotatable bonds is 6. The van der Waals surface area contributed by atoms with Crippen molar-refractivity contribution in [2.24, 2.45) is 0 Å². The molecule has 0 unspecified atom stereocenters. The zero-order chi connectivity index (χ0) is 21.1. The van der Waals surface area contributed by atoms with Crippen LogP contribution in [0.15, 0.2) is 71.7 Å². The molecule has 7 heteroatoms. The van der Waals surface area contributed by atoms with E-state index in [4.69, 9.17) is 0 Å². The highest BCUT2D eigenvalue weighted by molar-refractivity contribution is 5.80. The van der Waals surface area contributed by atoms with Crippen LogP contribution in [0.1, 0.15) is 18.1 Å². The average molecular weight is 404 g/mol. The minimum atomic E-state index is -0.326. The zero-order valence-electron chi connectivity index (χ0n) is 16.5. The van der Waals surface area contributed by atoms with Crippen molar-refractivity contribution in [1.29, 1.82) is 0 Å². The molecule has 0 atom stereocenters. The van der Waals surface area contributed by atoms with Gasteiger partial charge in [-0.3, -0.25) is 14.3 Å². The van der Waals surface area contributed by atoms with Gasteiger partial charge >= 0.3 is 0 Å². The predicted molar refractivity (Wildman–Crippen MR) is 113 cm³/mol. The van der Waals surface area contributed by atoms with E-state index < -0.39 is 0 Å². The summed E-state index contributed by atoms with van der Waals surface area (Å²) in [7, 11) is 0. The molecule has 2 heterocycles. The average Bonchev–Trinajstić information content (AvgIpc) is 3.05. The van der Waals surface area contributed by atoms with Crippen LogP contribution in [0, 0.1) is 5.82 Å². The number of halogens is 1. The second kappa shape index (κ2) is 8.32. The summed E-state index contributed by atoms with van der Waals surface area (Å²) in [5.74, 6) is -0.601. The number of hydrogen-bond acceptors (Lipinski definition) is 3. The van der Waals surface area contributed by atoms with Crippen molar-refractivity contribution in [2.75, 3.05) is 0 Å². The SMILES string of the molecule is CCc1cccc(-n2c(=O)c3cccnc3n2CC(=O)NCc2ccc(F)cc2)c1. The molecular weight excluding hydrogens is 383 g/mol. The highest BCUT2D eigenvalue weighted by atomic mass is 19.1. The van der Waals surface area contributed by atoms with Crippen molar-refractivity contribution in [3.63, 3.8) is 0 Å². The van der Waals surface area contributed by atoms with Crippen LogP contribution in [0.2, 0.25) is 0 Å². The molecule has 6 nitrogen and oxygen atoms in total. The molecular formula is C23H21FN4O2. The molecule has 152 valence electrons. The van der Waals surface area contributed by atoms with Crippen LogP contribution in [0.25, 0.3) is 16.7 Å². The summed E-state index contributed by atoms with van der Waals surface area (Å²) >= 11 is 0. The number of aryl methyl sites for hydroxylation is 1. The maximum absolute atomic E-state index is 13.1. The number of carbonyl (C=O) groups is 1. The Bertz CT molecular complexity index is 1260. The molecule has 0 bridgehead atoms. The number of fused-ring (bicyclic) bond motifs is 1. The standard InChI is InChI=1S/C23H21FN4O2/c1-2-16-5-3-6-19(13-16)28-23(30)20-7-4-12-25-22(20)27(28)15-21(29)26-14-17-8-10-18(24)11-9-17/h3-13H,2,14-15H2,1H3,(H,26,29). The summed E-state index contributed by atoms with van der Waals surface area (Å²) in [5.41, 5.74) is 2.78. The predicted octanol–water partition coefficient (Wildman–Crippen LogP) is 3.21. The van der Waals surface area contributed by atoms with Crippen molar-refractivity contribution < 1.29 is 9.18 Å². The van der Waals surface area contributed by atoms with Gasteiger partial charge in [0.15, 0.2) is 5.65 Å². The molecule has 30 heavy (non-hydrogen) atoms. The number of nitrogens with zero attached hydrogens (tertiary/aromatic N) is 3. The summed E-state index contributed by atoms with van der Waals surface area (Å²) < 4.78 is 16.1. The lowest BCUT2D eigenvalue weighted by molar-refractivity contribution is -0.122. The molecule has 0 saturated heterocycles. The summed E-state index contributed by atoms with van der Waals surface area (Å²) in [6.45, 7) is 2.23. The first-order valence-electron chi connectivity index (χ1n) is 9.74. The van der Waals surface area contributed by atoms with Crippen LogP contribution in [-0.2, 0) is 24.3 Å². The third kappa shape index (κ3) is 3.87. The van der Waals surface area contributed by atoms with Crippen LogP contribution in [-0.4, -0.2) is 20.3 Å². The molecule has 0 fully saturated rings. The maximum Gasteiger partial charge on any atom is 0.280 e. The lowest BCUT2D eigenvalue weighted by Gasteiger charge is -2.13. The number of amides is 1. The summed E-state index contributed by atoms with van der Waals surface area (Å²) in [6, 6.07) is 17.0. The van der Waals surface area contributed by atoms with E-state index in [1.54, 1.807) is 35.1 Å². The molecule has 0 radical (unpaired) electrons. The van der Waals surface area contributed by atoms with E-state index in [2.05, 4.69) is 10.3 Å². The quantitative estimate of drug-likeness (QED) is 0.537. The second-order valence-corrected chi connectivity index (χ2v) is 6.98. The van der Waals surface area contributed by atoms with Gasteiger partial charge in [0, 0.05) is 12.7 Å². The summed E-state index contributed by atoms with van der Waals surface area (Å²) in [5, 5.41) is 3.27. The Labute approximate surface area is 172 Å². The van der Waals surface area contributed by atoms with E-state index in [1.165, 1.54) is 16.8 Å². The van der Waals surface area contributed by atoms with Crippen molar-refractivity contribution in [3.8, 4) is 5.69 Å². The fourth-order valence-electron chi connectivity index (χ4n) is 3.39. The first-order valence-corrected chi connectivity index (χ1v) is 9.74. The second-order valence-electron chi connectivity index (χ2n) is 6.98. The molecule has 0 aliphatic heterocycles. The molecule has 4 rings (SSSR count). The summed E-state index contributed by atoms with van der Waals surface area (Å²) in [6.07, 6.45) is 2.43. The Morgan fingerprint density at radius 1 is 1.07 bits per heavy atom. The minimum Gasteiger partial charge on any atom is -0.350 e. The fraction of sp³-hybridized carbons (Fsp3) is 0.174. The van der Waals surface area contributed by atoms with Crippen molar-refractivity contribution in [3.05, 3.63) is 94.2 Å². The lowest BCUT2D eigenvalue weighted by atomic mass is 10.1. The van der Waals surface area contributed by atoms with E-state index >= 15 is 0 Å². The summed E-state index contributed by atoms with van der Waals surface area (Å²) in [4.78, 5) is 30.1. The van der Waals surface area contributed by atoms with E-state index in [0.717, 1.165) is 17.5 Å². The topological polar surface area (TPSA) is 68.9 Å². The van der Waals surface area contributed by atoms with Gasteiger partial charge in [0.1, 0.15) is 12.4 Å². The molecule has 0 aliphatic carbocycles. The highest BCUT2D eigenvalue weighted by Gasteiger charge is 2.18. The monoisotopic (exact) mass is 404 g/mol. The normalized spacial score (nSPS) is 11.0. The van der Waals surface area contributed by atoms with E-state index in [1.807, 2.05) is 31.2 Å². The smallest absolute Gasteiger partial charge is 0.280 e.